The highest BCUT2D eigenvalue weighted by molar-refractivity contribution is 7.15. The number of hydrogen-bond donors (Lipinski definition) is 1. The molecule has 0 atom stereocenters. The average molecular weight is 249 g/mol. The summed E-state index contributed by atoms with van der Waals surface area (Å²) in [6.07, 6.45) is 3.11. The molecule has 0 aromatic carbocycles. The zero-order chi connectivity index (χ0) is 10.1. The van der Waals surface area contributed by atoms with Crippen molar-refractivity contribution in [2.75, 3.05) is 5.73 Å². The third-order valence-corrected chi connectivity index (χ3v) is 3.03. The molecule has 2 aromatic rings. The van der Waals surface area contributed by atoms with Crippen molar-refractivity contribution in [1.29, 1.82) is 0 Å². The summed E-state index contributed by atoms with van der Waals surface area (Å²) in [4.78, 5) is 4.09. The SMILES string of the molecule is Nc1c(Cl)cnn1Cc1ncc(Cl)s1. The number of nitrogens with two attached hydrogens (primary N) is 1. The minimum atomic E-state index is 0.443. The molecule has 0 radical (unpaired) electrons. The van der Waals surface area contributed by atoms with Crippen molar-refractivity contribution in [3.63, 3.8) is 0 Å². The van der Waals surface area contributed by atoms with Crippen LogP contribution in [0.15, 0.2) is 12.4 Å². The molecule has 0 aliphatic heterocycles. The number of hydrogen-bond acceptors (Lipinski definition) is 4. The quantitative estimate of drug-likeness (QED) is 0.888. The Kier molecular flexibility index (Phi) is 2.62. The van der Waals surface area contributed by atoms with Gasteiger partial charge in [0.15, 0.2) is 0 Å². The molecule has 7 heteroatoms. The summed E-state index contributed by atoms with van der Waals surface area (Å²) in [6, 6.07) is 0. The van der Waals surface area contributed by atoms with Crippen LogP contribution in [0.25, 0.3) is 0 Å². The fourth-order valence-electron chi connectivity index (χ4n) is 0.987. The van der Waals surface area contributed by atoms with Gasteiger partial charge >= 0.3 is 0 Å². The van der Waals surface area contributed by atoms with Crippen LogP contribution >= 0.6 is 34.5 Å². The highest BCUT2D eigenvalue weighted by Gasteiger charge is 2.07. The van der Waals surface area contributed by atoms with E-state index in [1.807, 2.05) is 0 Å². The second-order valence-corrected chi connectivity index (χ2v) is 4.75. The Labute approximate surface area is 94.3 Å². The summed E-state index contributed by atoms with van der Waals surface area (Å²) in [5, 5.41) is 5.30. The summed E-state index contributed by atoms with van der Waals surface area (Å²) in [5.41, 5.74) is 5.67. The molecule has 0 bridgehead atoms. The van der Waals surface area contributed by atoms with Crippen LogP contribution in [0.1, 0.15) is 5.01 Å². The molecule has 14 heavy (non-hydrogen) atoms. The smallest absolute Gasteiger partial charge is 0.141 e. The lowest BCUT2D eigenvalue weighted by Crippen LogP contribution is -2.05. The van der Waals surface area contributed by atoms with E-state index in [1.165, 1.54) is 17.5 Å². The molecule has 2 rings (SSSR count). The summed E-state index contributed by atoms with van der Waals surface area (Å²) < 4.78 is 2.23. The predicted octanol–water partition coefficient (Wildman–Crippen LogP) is 2.28. The van der Waals surface area contributed by atoms with Crippen molar-refractivity contribution in [2.45, 2.75) is 6.54 Å². The van der Waals surface area contributed by atoms with Crippen molar-refractivity contribution in [2.24, 2.45) is 0 Å². The monoisotopic (exact) mass is 248 g/mol. The van der Waals surface area contributed by atoms with Crippen LogP contribution in [0.2, 0.25) is 9.36 Å². The first-order valence-electron chi connectivity index (χ1n) is 3.74. The summed E-state index contributed by atoms with van der Waals surface area (Å²) in [7, 11) is 0. The number of nitrogen functional groups attached to an aromatic ring is 1. The molecule has 0 aliphatic rings. The maximum absolute atomic E-state index is 5.75. The van der Waals surface area contributed by atoms with E-state index in [0.29, 0.717) is 21.7 Å². The van der Waals surface area contributed by atoms with Gasteiger partial charge in [-0.1, -0.05) is 23.2 Å². The van der Waals surface area contributed by atoms with E-state index in [-0.39, 0.29) is 0 Å². The van der Waals surface area contributed by atoms with E-state index in [4.69, 9.17) is 28.9 Å². The third-order valence-electron chi connectivity index (χ3n) is 1.64. The van der Waals surface area contributed by atoms with E-state index in [9.17, 15) is 0 Å². The molecule has 2 N–H and O–H groups in total. The fourth-order valence-corrected chi connectivity index (χ4v) is 2.07. The first kappa shape index (κ1) is 9.76. The zero-order valence-corrected chi connectivity index (χ0v) is 9.27. The molecule has 4 nitrogen and oxygen atoms in total. The van der Waals surface area contributed by atoms with Gasteiger partial charge in [0.25, 0.3) is 0 Å². The first-order chi connectivity index (χ1) is 6.66. The zero-order valence-electron chi connectivity index (χ0n) is 6.94. The van der Waals surface area contributed by atoms with Gasteiger partial charge in [0.1, 0.15) is 20.2 Å². The molecule has 0 spiro atoms. The van der Waals surface area contributed by atoms with Crippen LogP contribution in [-0.2, 0) is 6.54 Å². The molecule has 0 fully saturated rings. The maximum atomic E-state index is 5.75. The Bertz CT molecular complexity index is 450. The van der Waals surface area contributed by atoms with Crippen molar-refractivity contribution in [3.8, 4) is 0 Å². The van der Waals surface area contributed by atoms with Gasteiger partial charge in [0, 0.05) is 0 Å². The minimum absolute atomic E-state index is 0.443. The average Bonchev–Trinajstić information content (AvgIpc) is 2.67. The van der Waals surface area contributed by atoms with Gasteiger partial charge in [-0.05, 0) is 0 Å². The van der Waals surface area contributed by atoms with Crippen LogP contribution in [0, 0.1) is 0 Å². The van der Waals surface area contributed by atoms with E-state index < -0.39 is 0 Å². The number of halogens is 2. The summed E-state index contributed by atoms with van der Waals surface area (Å²) in [6.45, 7) is 0.496. The fraction of sp³-hybridized carbons (Fsp3) is 0.143. The highest BCUT2D eigenvalue weighted by Crippen LogP contribution is 2.22. The Morgan fingerprint density at radius 2 is 2.21 bits per heavy atom. The van der Waals surface area contributed by atoms with Gasteiger partial charge in [0.2, 0.25) is 0 Å². The Balaban J connectivity index is 2.22. The van der Waals surface area contributed by atoms with Gasteiger partial charge in [-0.15, -0.1) is 11.3 Å². The van der Waals surface area contributed by atoms with Crippen LogP contribution < -0.4 is 5.73 Å². The van der Waals surface area contributed by atoms with Gasteiger partial charge in [-0.3, -0.25) is 0 Å². The first-order valence-corrected chi connectivity index (χ1v) is 5.31. The predicted molar refractivity (Wildman–Crippen MR) is 57.9 cm³/mol. The Morgan fingerprint density at radius 3 is 2.71 bits per heavy atom. The standard InChI is InChI=1S/C7H6Cl2N4S/c8-4-1-12-13(7(4)10)3-6-11-2-5(9)14-6/h1-2H,3,10H2. The second kappa shape index (κ2) is 3.76. The number of nitrogens with zero attached hydrogens (tertiary/aromatic N) is 3. The lowest BCUT2D eigenvalue weighted by atomic mass is 10.6. The molecule has 0 amide bonds. The Hall–Kier alpha value is -0.780. The molecular weight excluding hydrogens is 243 g/mol. The molecule has 2 aromatic heterocycles. The van der Waals surface area contributed by atoms with E-state index in [1.54, 1.807) is 10.9 Å². The van der Waals surface area contributed by atoms with Crippen LogP contribution in [0.3, 0.4) is 0 Å². The van der Waals surface area contributed by atoms with Gasteiger partial charge in [0.05, 0.1) is 18.9 Å². The number of rotatable bonds is 2. The second-order valence-electron chi connectivity index (χ2n) is 2.59. The molecular formula is C7H6Cl2N4S. The summed E-state index contributed by atoms with van der Waals surface area (Å²) in [5.74, 6) is 0.443. The molecule has 0 saturated carbocycles. The largest absolute Gasteiger partial charge is 0.383 e. The van der Waals surface area contributed by atoms with Gasteiger partial charge in [-0.2, -0.15) is 5.10 Å². The lowest BCUT2D eigenvalue weighted by Gasteiger charge is -1.99. The highest BCUT2D eigenvalue weighted by atomic mass is 35.5. The van der Waals surface area contributed by atoms with E-state index in [2.05, 4.69) is 10.1 Å². The maximum Gasteiger partial charge on any atom is 0.141 e. The van der Waals surface area contributed by atoms with Crippen molar-refractivity contribution < 1.29 is 0 Å². The van der Waals surface area contributed by atoms with Crippen LogP contribution in [0.5, 0.6) is 0 Å². The van der Waals surface area contributed by atoms with Crippen molar-refractivity contribution >= 4 is 40.4 Å². The molecule has 0 saturated heterocycles. The Morgan fingerprint density at radius 1 is 1.43 bits per heavy atom. The number of thiazole rings is 1. The molecule has 74 valence electrons. The van der Waals surface area contributed by atoms with E-state index >= 15 is 0 Å². The molecule has 0 unspecified atom stereocenters. The molecule has 2 heterocycles. The molecule has 0 aliphatic carbocycles. The van der Waals surface area contributed by atoms with Crippen LogP contribution in [0.4, 0.5) is 5.82 Å². The van der Waals surface area contributed by atoms with Crippen molar-refractivity contribution in [1.82, 2.24) is 14.8 Å². The van der Waals surface area contributed by atoms with Crippen LogP contribution in [-0.4, -0.2) is 14.8 Å². The number of anilines is 1. The minimum Gasteiger partial charge on any atom is -0.383 e. The van der Waals surface area contributed by atoms with Crippen molar-refractivity contribution in [3.05, 3.63) is 26.8 Å². The topological polar surface area (TPSA) is 56.7 Å². The third kappa shape index (κ3) is 1.84. The number of aromatic nitrogens is 3. The lowest BCUT2D eigenvalue weighted by molar-refractivity contribution is 0.693. The van der Waals surface area contributed by atoms with Gasteiger partial charge < -0.3 is 5.73 Å². The normalized spacial score (nSPS) is 10.7. The van der Waals surface area contributed by atoms with E-state index in [0.717, 1.165) is 5.01 Å². The summed E-state index contributed by atoms with van der Waals surface area (Å²) >= 11 is 12.9. The van der Waals surface area contributed by atoms with Gasteiger partial charge in [-0.25, -0.2) is 9.67 Å².